The Hall–Kier alpha value is 0.150. The van der Waals surface area contributed by atoms with Gasteiger partial charge in [-0.3, -0.25) is 0 Å². The standard InChI is InChI=1S/C8H16ClNO4S2/c1-7(4-9)5-16(13,14)10-8-2-3-15(11,12)6-8/h7-8,10H,2-6H2,1H3. The molecule has 0 aromatic carbocycles. The van der Waals surface area contributed by atoms with Gasteiger partial charge in [-0.2, -0.15) is 0 Å². The monoisotopic (exact) mass is 289 g/mol. The molecule has 1 N–H and O–H groups in total. The lowest BCUT2D eigenvalue weighted by molar-refractivity contribution is 0.551. The van der Waals surface area contributed by atoms with Crippen molar-refractivity contribution in [2.24, 2.45) is 5.92 Å². The highest BCUT2D eigenvalue weighted by Crippen LogP contribution is 2.13. The summed E-state index contributed by atoms with van der Waals surface area (Å²) in [6.07, 6.45) is 0.358. The molecule has 0 bridgehead atoms. The summed E-state index contributed by atoms with van der Waals surface area (Å²) < 4.78 is 47.9. The van der Waals surface area contributed by atoms with Gasteiger partial charge in [-0.05, 0) is 12.3 Å². The Balaban J connectivity index is 2.55. The number of sulfone groups is 1. The highest BCUT2D eigenvalue weighted by molar-refractivity contribution is 7.92. The quantitative estimate of drug-likeness (QED) is 0.721. The van der Waals surface area contributed by atoms with Crippen molar-refractivity contribution in [3.05, 3.63) is 0 Å². The van der Waals surface area contributed by atoms with Gasteiger partial charge >= 0.3 is 0 Å². The summed E-state index contributed by atoms with van der Waals surface area (Å²) in [6.45, 7) is 1.73. The third-order valence-corrected chi connectivity index (χ3v) is 6.34. The van der Waals surface area contributed by atoms with E-state index in [-0.39, 0.29) is 29.1 Å². The van der Waals surface area contributed by atoms with E-state index in [2.05, 4.69) is 4.72 Å². The smallest absolute Gasteiger partial charge is 0.212 e. The van der Waals surface area contributed by atoms with E-state index in [1.807, 2.05) is 0 Å². The molecule has 0 saturated carbocycles. The molecule has 0 aromatic rings. The molecule has 0 aliphatic carbocycles. The first-order valence-corrected chi connectivity index (χ1v) is 9.01. The van der Waals surface area contributed by atoms with Crippen LogP contribution in [0, 0.1) is 5.92 Å². The topological polar surface area (TPSA) is 80.3 Å². The van der Waals surface area contributed by atoms with Crippen LogP contribution in [0.3, 0.4) is 0 Å². The molecule has 1 aliphatic rings. The van der Waals surface area contributed by atoms with Crippen LogP contribution in [-0.2, 0) is 19.9 Å². The van der Waals surface area contributed by atoms with Crippen LogP contribution in [0.2, 0.25) is 0 Å². The molecule has 2 atom stereocenters. The molecule has 1 heterocycles. The van der Waals surface area contributed by atoms with E-state index in [9.17, 15) is 16.8 Å². The fourth-order valence-electron chi connectivity index (χ4n) is 1.61. The predicted octanol–water partition coefficient (Wildman–Crippen LogP) is -0.0322. The molecule has 0 radical (unpaired) electrons. The van der Waals surface area contributed by atoms with Crippen LogP contribution in [0.4, 0.5) is 0 Å². The van der Waals surface area contributed by atoms with Gasteiger partial charge in [-0.15, -0.1) is 11.6 Å². The molecule has 1 aliphatic heterocycles. The largest absolute Gasteiger partial charge is 0.229 e. The molecule has 16 heavy (non-hydrogen) atoms. The first-order valence-electron chi connectivity index (χ1n) is 5.00. The van der Waals surface area contributed by atoms with Crippen LogP contribution >= 0.6 is 11.6 Å². The van der Waals surface area contributed by atoms with E-state index in [0.717, 1.165) is 0 Å². The van der Waals surface area contributed by atoms with Crippen LogP contribution in [0.1, 0.15) is 13.3 Å². The molecule has 1 rings (SSSR count). The molecule has 0 aromatic heterocycles. The normalized spacial score (nSPS) is 26.8. The first kappa shape index (κ1) is 14.2. The molecular formula is C8H16ClNO4S2. The number of halogens is 1. The van der Waals surface area contributed by atoms with Crippen molar-refractivity contribution in [1.29, 1.82) is 0 Å². The molecule has 2 unspecified atom stereocenters. The summed E-state index contributed by atoms with van der Waals surface area (Å²) in [5, 5.41) is 0. The molecule has 96 valence electrons. The van der Waals surface area contributed by atoms with Gasteiger partial charge in [0.1, 0.15) is 0 Å². The number of hydrogen-bond acceptors (Lipinski definition) is 4. The first-order chi connectivity index (χ1) is 7.24. The van der Waals surface area contributed by atoms with Crippen molar-refractivity contribution in [2.75, 3.05) is 23.1 Å². The van der Waals surface area contributed by atoms with Crippen LogP contribution < -0.4 is 4.72 Å². The lowest BCUT2D eigenvalue weighted by atomic mass is 10.3. The van der Waals surface area contributed by atoms with Crippen molar-refractivity contribution >= 4 is 31.5 Å². The number of rotatable bonds is 5. The van der Waals surface area contributed by atoms with Crippen LogP contribution in [0.5, 0.6) is 0 Å². The molecule has 0 spiro atoms. The summed E-state index contributed by atoms with van der Waals surface area (Å²) in [7, 11) is -6.48. The minimum absolute atomic E-state index is 0.0608. The van der Waals surface area contributed by atoms with Gasteiger partial charge in [-0.1, -0.05) is 6.92 Å². The van der Waals surface area contributed by atoms with E-state index in [1.165, 1.54) is 0 Å². The molecule has 5 nitrogen and oxygen atoms in total. The Labute approximate surface area is 102 Å². The van der Waals surface area contributed by atoms with Gasteiger partial charge in [0.05, 0.1) is 17.3 Å². The summed E-state index contributed by atoms with van der Waals surface area (Å²) in [5.74, 6) is 0.0288. The highest BCUT2D eigenvalue weighted by atomic mass is 35.5. The van der Waals surface area contributed by atoms with Crippen molar-refractivity contribution in [3.8, 4) is 0 Å². The predicted molar refractivity (Wildman–Crippen MR) is 63.9 cm³/mol. The van der Waals surface area contributed by atoms with Gasteiger partial charge < -0.3 is 0 Å². The Morgan fingerprint density at radius 3 is 2.56 bits per heavy atom. The maximum Gasteiger partial charge on any atom is 0.212 e. The maximum absolute atomic E-state index is 11.6. The average molecular weight is 290 g/mol. The average Bonchev–Trinajstić information content (AvgIpc) is 2.43. The third-order valence-electron chi connectivity index (χ3n) is 2.35. The molecule has 0 amide bonds. The Morgan fingerprint density at radius 1 is 1.50 bits per heavy atom. The third kappa shape index (κ3) is 4.57. The summed E-state index contributed by atoms with van der Waals surface area (Å²) >= 11 is 5.53. The summed E-state index contributed by atoms with van der Waals surface area (Å²) in [4.78, 5) is 0. The van der Waals surface area contributed by atoms with Crippen molar-refractivity contribution in [2.45, 2.75) is 19.4 Å². The molecular weight excluding hydrogens is 274 g/mol. The van der Waals surface area contributed by atoms with Crippen molar-refractivity contribution in [3.63, 3.8) is 0 Å². The lowest BCUT2D eigenvalue weighted by Gasteiger charge is -2.13. The zero-order chi connectivity index (χ0) is 12.4. The van der Waals surface area contributed by atoms with Crippen molar-refractivity contribution < 1.29 is 16.8 Å². The van der Waals surface area contributed by atoms with Crippen molar-refractivity contribution in [1.82, 2.24) is 4.72 Å². The Bertz CT molecular complexity index is 431. The van der Waals surface area contributed by atoms with E-state index in [1.54, 1.807) is 6.92 Å². The van der Waals surface area contributed by atoms with E-state index in [4.69, 9.17) is 11.6 Å². The van der Waals surface area contributed by atoms with Gasteiger partial charge in [0.25, 0.3) is 0 Å². The second kappa shape index (κ2) is 5.20. The second-order valence-corrected chi connectivity index (χ2v) is 8.59. The highest BCUT2D eigenvalue weighted by Gasteiger charge is 2.31. The molecule has 1 saturated heterocycles. The maximum atomic E-state index is 11.6. The Kier molecular flexibility index (Phi) is 4.62. The second-order valence-electron chi connectivity index (χ2n) is 4.26. The van der Waals surface area contributed by atoms with E-state index in [0.29, 0.717) is 6.42 Å². The number of alkyl halides is 1. The number of nitrogens with one attached hydrogen (secondary N) is 1. The van der Waals surface area contributed by atoms with Crippen LogP contribution in [0.25, 0.3) is 0 Å². The van der Waals surface area contributed by atoms with E-state index >= 15 is 0 Å². The SMILES string of the molecule is CC(CCl)CS(=O)(=O)NC1CCS(=O)(=O)C1. The summed E-state index contributed by atoms with van der Waals surface area (Å²) in [6, 6.07) is -0.475. The minimum Gasteiger partial charge on any atom is -0.229 e. The molecule has 1 fully saturated rings. The van der Waals surface area contributed by atoms with Gasteiger partial charge in [-0.25, -0.2) is 21.6 Å². The summed E-state index contributed by atoms with van der Waals surface area (Å²) in [5.41, 5.74) is 0. The fourth-order valence-corrected chi connectivity index (χ4v) is 5.30. The van der Waals surface area contributed by atoms with Gasteiger partial charge in [0.15, 0.2) is 9.84 Å². The van der Waals surface area contributed by atoms with Gasteiger partial charge in [0, 0.05) is 11.9 Å². The van der Waals surface area contributed by atoms with Crippen LogP contribution in [-0.4, -0.2) is 46.0 Å². The minimum atomic E-state index is -3.43. The molecule has 8 heteroatoms. The van der Waals surface area contributed by atoms with Crippen LogP contribution in [0.15, 0.2) is 0 Å². The Morgan fingerprint density at radius 2 is 2.12 bits per heavy atom. The number of sulfonamides is 1. The zero-order valence-electron chi connectivity index (χ0n) is 9.02. The fraction of sp³-hybridized carbons (Fsp3) is 1.00. The van der Waals surface area contributed by atoms with Gasteiger partial charge in [0.2, 0.25) is 10.0 Å². The number of hydrogen-bond donors (Lipinski definition) is 1. The lowest BCUT2D eigenvalue weighted by Crippen LogP contribution is -2.38. The van der Waals surface area contributed by atoms with E-state index < -0.39 is 25.9 Å². The zero-order valence-corrected chi connectivity index (χ0v) is 11.4.